The van der Waals surface area contributed by atoms with Gasteiger partial charge in [-0.3, -0.25) is 0 Å². The summed E-state index contributed by atoms with van der Waals surface area (Å²) in [5.41, 5.74) is 6.90. The number of aromatic hydroxyl groups is 1. The highest BCUT2D eigenvalue weighted by Gasteiger charge is 2.10. The third kappa shape index (κ3) is 6.87. The number of phenols is 1. The number of rotatable bonds is 5. The molecule has 1 aliphatic heterocycles. The summed E-state index contributed by atoms with van der Waals surface area (Å²) in [7, 11) is 1.50. The van der Waals surface area contributed by atoms with Crippen LogP contribution in [0.3, 0.4) is 0 Å². The van der Waals surface area contributed by atoms with Gasteiger partial charge < -0.3 is 16.2 Å². The van der Waals surface area contributed by atoms with Crippen LogP contribution < -0.4 is 11.1 Å². The Morgan fingerprint density at radius 2 is 1.97 bits per heavy atom. The fraction of sp³-hybridized carbons (Fsp3) is 0.280. The molecule has 1 saturated heterocycles. The van der Waals surface area contributed by atoms with Gasteiger partial charge in [0, 0.05) is 18.3 Å². The smallest absolute Gasteiger partial charge is 0.153 e. The lowest BCUT2D eigenvalue weighted by Crippen LogP contribution is -2.39. The molecule has 2 aromatic carbocycles. The summed E-state index contributed by atoms with van der Waals surface area (Å²) < 4.78 is 14.9. The zero-order valence-corrected chi connectivity index (χ0v) is 18.9. The van der Waals surface area contributed by atoms with Crippen LogP contribution in [-0.2, 0) is 0 Å². The van der Waals surface area contributed by atoms with Crippen molar-refractivity contribution in [2.45, 2.75) is 32.2 Å². The quantitative estimate of drug-likeness (QED) is 0.508. The fourth-order valence-electron chi connectivity index (χ4n) is 3.05. The molecule has 0 aliphatic carbocycles. The van der Waals surface area contributed by atoms with Crippen molar-refractivity contribution in [3.63, 3.8) is 0 Å². The van der Waals surface area contributed by atoms with Crippen LogP contribution in [0.25, 0.3) is 17.3 Å². The molecule has 3 aromatic rings. The summed E-state index contributed by atoms with van der Waals surface area (Å²) >= 11 is 0. The lowest BCUT2D eigenvalue weighted by Gasteiger charge is -2.22. The van der Waals surface area contributed by atoms with E-state index in [2.05, 4.69) is 34.8 Å². The van der Waals surface area contributed by atoms with Crippen molar-refractivity contribution in [2.75, 3.05) is 13.6 Å². The Morgan fingerprint density at radius 1 is 1.28 bits per heavy atom. The average Bonchev–Trinajstić information content (AvgIpc) is 3.21. The number of aromatic nitrogens is 2. The maximum absolute atomic E-state index is 13.3. The molecule has 1 aliphatic rings. The first-order valence-electron chi connectivity index (χ1n) is 10.6. The molecule has 32 heavy (non-hydrogen) atoms. The second-order valence-electron chi connectivity index (χ2n) is 7.35. The monoisotopic (exact) mass is 437 g/mol. The molecule has 6 nitrogen and oxygen atoms in total. The number of benzene rings is 2. The normalized spacial score (nSPS) is 15.6. The van der Waals surface area contributed by atoms with Gasteiger partial charge in [0.15, 0.2) is 5.82 Å². The standard InChI is InChI=1S/C20H18FN3O.C4H9N.CH5N/c1-14(15-5-3-7-17(21)11-15)9-10-20-23-13-19(24(20)22-2)16-6-4-8-18(25)12-16;1-4-2-3-5-4;1-2/h3-14,25H,2H2,1H3;4-5H,2-3H2,1H3;2H2,1H3/b10-9-;;/t;4-;/m.1./s1. The number of phenolic OH excluding ortho intramolecular Hbond substituents is 1. The van der Waals surface area contributed by atoms with Crippen LogP contribution in [0.2, 0.25) is 0 Å². The van der Waals surface area contributed by atoms with Gasteiger partial charge in [-0.15, -0.1) is 0 Å². The van der Waals surface area contributed by atoms with Gasteiger partial charge >= 0.3 is 0 Å². The van der Waals surface area contributed by atoms with E-state index >= 15 is 0 Å². The van der Waals surface area contributed by atoms with Crippen molar-refractivity contribution >= 4 is 12.8 Å². The van der Waals surface area contributed by atoms with Crippen molar-refractivity contribution in [3.8, 4) is 17.0 Å². The van der Waals surface area contributed by atoms with Crippen molar-refractivity contribution in [3.05, 3.63) is 78.0 Å². The molecule has 4 N–H and O–H groups in total. The molecule has 0 saturated carbocycles. The van der Waals surface area contributed by atoms with Gasteiger partial charge in [0.05, 0.1) is 11.9 Å². The van der Waals surface area contributed by atoms with Crippen molar-refractivity contribution in [1.29, 1.82) is 0 Å². The summed E-state index contributed by atoms with van der Waals surface area (Å²) in [5.74, 6) is 0.552. The Hall–Kier alpha value is -3.29. The second kappa shape index (κ2) is 12.5. The highest BCUT2D eigenvalue weighted by atomic mass is 19.1. The molecule has 0 bridgehead atoms. The number of allylic oxidation sites excluding steroid dienone is 1. The Morgan fingerprint density at radius 3 is 2.53 bits per heavy atom. The van der Waals surface area contributed by atoms with Crippen LogP contribution >= 0.6 is 0 Å². The van der Waals surface area contributed by atoms with Crippen molar-refractivity contribution < 1.29 is 9.50 Å². The Labute approximate surface area is 189 Å². The number of nitrogens with two attached hydrogens (primary N) is 1. The molecule has 0 amide bonds. The van der Waals surface area contributed by atoms with Gasteiger partial charge in [-0.2, -0.15) is 5.10 Å². The minimum Gasteiger partial charge on any atom is -0.508 e. The second-order valence-corrected chi connectivity index (χ2v) is 7.35. The first-order valence-corrected chi connectivity index (χ1v) is 10.6. The molecule has 0 spiro atoms. The first-order chi connectivity index (χ1) is 15.5. The zero-order chi connectivity index (χ0) is 23.5. The maximum Gasteiger partial charge on any atom is 0.153 e. The molecular formula is C25H32FN5O. The van der Waals surface area contributed by atoms with E-state index in [0.29, 0.717) is 5.82 Å². The van der Waals surface area contributed by atoms with E-state index in [1.54, 1.807) is 35.1 Å². The number of halogens is 1. The van der Waals surface area contributed by atoms with E-state index in [0.717, 1.165) is 22.9 Å². The van der Waals surface area contributed by atoms with Gasteiger partial charge in [-0.25, -0.2) is 14.1 Å². The van der Waals surface area contributed by atoms with Crippen molar-refractivity contribution in [2.24, 2.45) is 10.8 Å². The summed E-state index contributed by atoms with van der Waals surface area (Å²) in [6.45, 7) is 9.01. The third-order valence-corrected chi connectivity index (χ3v) is 5.03. The minimum absolute atomic E-state index is 0.0230. The van der Waals surface area contributed by atoms with Crippen LogP contribution in [0.5, 0.6) is 5.75 Å². The number of nitrogens with one attached hydrogen (secondary N) is 1. The predicted octanol–water partition coefficient (Wildman–Crippen LogP) is 4.62. The SMILES string of the molecule is C=Nn1c(-c2cccc(O)c2)cnc1/C=C\C(C)c1cccc(F)c1.CN.C[C@@H]1CCN1. The van der Waals surface area contributed by atoms with Crippen LogP contribution in [0.15, 0.2) is 65.9 Å². The van der Waals surface area contributed by atoms with Crippen LogP contribution in [-0.4, -0.2) is 41.1 Å². The molecule has 2 atom stereocenters. The van der Waals surface area contributed by atoms with Gasteiger partial charge in [0.2, 0.25) is 0 Å². The van der Waals surface area contributed by atoms with Gasteiger partial charge in [0.1, 0.15) is 11.6 Å². The number of imidazole rings is 1. The molecule has 0 radical (unpaired) electrons. The Balaban J connectivity index is 0.000000448. The number of hydrogen-bond donors (Lipinski definition) is 3. The topological polar surface area (TPSA) is 88.5 Å². The lowest BCUT2D eigenvalue weighted by atomic mass is 10.0. The molecular weight excluding hydrogens is 405 g/mol. The van der Waals surface area contributed by atoms with E-state index < -0.39 is 0 Å². The van der Waals surface area contributed by atoms with Gasteiger partial charge in [-0.05, 0) is 68.8 Å². The van der Waals surface area contributed by atoms with Crippen LogP contribution in [0, 0.1) is 5.82 Å². The summed E-state index contributed by atoms with van der Waals surface area (Å²) in [6.07, 6.45) is 6.82. The molecule has 170 valence electrons. The largest absolute Gasteiger partial charge is 0.508 e. The average molecular weight is 438 g/mol. The van der Waals surface area contributed by atoms with E-state index in [4.69, 9.17) is 0 Å². The molecule has 1 unspecified atom stereocenters. The fourth-order valence-corrected chi connectivity index (χ4v) is 3.05. The third-order valence-electron chi connectivity index (χ3n) is 5.03. The van der Waals surface area contributed by atoms with Crippen LogP contribution in [0.1, 0.15) is 37.6 Å². The summed E-state index contributed by atoms with van der Waals surface area (Å²) in [5, 5.41) is 16.9. The van der Waals surface area contributed by atoms with Crippen LogP contribution in [0.4, 0.5) is 4.39 Å². The van der Waals surface area contributed by atoms with Gasteiger partial charge in [0.25, 0.3) is 0 Å². The summed E-state index contributed by atoms with van der Waals surface area (Å²) in [6, 6.07) is 14.2. The molecule has 1 aromatic heterocycles. The predicted molar refractivity (Wildman–Crippen MR) is 130 cm³/mol. The zero-order valence-electron chi connectivity index (χ0n) is 18.9. The number of hydrogen-bond acceptors (Lipinski definition) is 5. The highest BCUT2D eigenvalue weighted by molar-refractivity contribution is 5.63. The van der Waals surface area contributed by atoms with Crippen molar-refractivity contribution in [1.82, 2.24) is 15.0 Å². The molecule has 7 heteroatoms. The maximum atomic E-state index is 13.3. The molecule has 2 heterocycles. The van der Waals surface area contributed by atoms with E-state index in [-0.39, 0.29) is 17.5 Å². The van der Waals surface area contributed by atoms with Gasteiger partial charge in [-0.1, -0.05) is 37.3 Å². The molecule has 1 fully saturated rings. The Bertz CT molecular complexity index is 1030. The Kier molecular flexibility index (Phi) is 9.78. The van der Waals surface area contributed by atoms with E-state index in [9.17, 15) is 9.50 Å². The number of nitrogens with zero attached hydrogens (tertiary/aromatic N) is 3. The molecule has 4 rings (SSSR count). The minimum atomic E-state index is -0.252. The summed E-state index contributed by atoms with van der Waals surface area (Å²) in [4.78, 5) is 4.36. The highest BCUT2D eigenvalue weighted by Crippen LogP contribution is 2.25. The van der Waals surface area contributed by atoms with E-state index in [1.807, 2.05) is 31.2 Å². The lowest BCUT2D eigenvalue weighted by molar-refractivity contribution is 0.399. The first kappa shape index (κ1) is 25.0. The van der Waals surface area contributed by atoms with E-state index in [1.165, 1.54) is 32.1 Å².